The third-order valence-corrected chi connectivity index (χ3v) is 7.85. The van der Waals surface area contributed by atoms with Gasteiger partial charge in [-0.05, 0) is 54.6 Å². The van der Waals surface area contributed by atoms with Crippen molar-refractivity contribution in [3.05, 3.63) is 118 Å². The van der Waals surface area contributed by atoms with E-state index in [0.717, 1.165) is 22.5 Å². The third-order valence-electron chi connectivity index (χ3n) is 7.60. The van der Waals surface area contributed by atoms with E-state index in [1.807, 2.05) is 17.1 Å². The minimum Gasteiger partial charge on any atom is -0.381 e. The Hall–Kier alpha value is -5.12. The summed E-state index contributed by atoms with van der Waals surface area (Å²) in [7, 11) is 0. The summed E-state index contributed by atoms with van der Waals surface area (Å²) in [6.45, 7) is 1.79. The number of benzene rings is 3. The maximum absolute atomic E-state index is 14.8. The summed E-state index contributed by atoms with van der Waals surface area (Å²) in [5.41, 5.74) is 2.16. The molecular formula is C30H29ClF2N10O3. The third kappa shape index (κ3) is 6.91. The second-order valence-corrected chi connectivity index (χ2v) is 11.2. The van der Waals surface area contributed by atoms with Crippen molar-refractivity contribution in [3.8, 4) is 5.69 Å². The second kappa shape index (κ2) is 13.1. The Morgan fingerprint density at radius 3 is 2.30 bits per heavy atom. The molecule has 46 heavy (non-hydrogen) atoms. The molecule has 6 rings (SSSR count). The molecule has 1 fully saturated rings. The fraction of sp³-hybridized carbons (Fsp3) is 0.233. The van der Waals surface area contributed by atoms with E-state index in [0.29, 0.717) is 48.6 Å². The fourth-order valence-electron chi connectivity index (χ4n) is 5.28. The molecule has 0 spiro atoms. The number of nitrogens with zero attached hydrogens (tertiary/aromatic N) is 8. The number of aliphatic hydroxyl groups is 1. The molecule has 1 saturated heterocycles. The average molecular weight is 651 g/mol. The minimum absolute atomic E-state index is 0.215. The van der Waals surface area contributed by atoms with E-state index >= 15 is 0 Å². The molecule has 0 saturated carbocycles. The van der Waals surface area contributed by atoms with Crippen LogP contribution in [0.3, 0.4) is 0 Å². The van der Waals surface area contributed by atoms with Gasteiger partial charge in [0.25, 0.3) is 0 Å². The number of anilines is 2. The number of nitrogens with one attached hydrogen (secondary N) is 2. The van der Waals surface area contributed by atoms with E-state index in [2.05, 4.69) is 30.8 Å². The SMILES string of the molecule is O=C(Nc1ccc(Cl)cc1)NN1CCN(c2ccc(-n3cnn(CC(O)(Cn4cncn4)c4ccc(F)cc4F)c3=O)cc2)CC1. The summed E-state index contributed by atoms with van der Waals surface area (Å²) in [4.78, 5) is 31.7. The Morgan fingerprint density at radius 1 is 0.913 bits per heavy atom. The van der Waals surface area contributed by atoms with Gasteiger partial charge in [0.15, 0.2) is 0 Å². The predicted octanol–water partition coefficient (Wildman–Crippen LogP) is 3.00. The highest BCUT2D eigenvalue weighted by molar-refractivity contribution is 6.30. The Morgan fingerprint density at radius 2 is 1.63 bits per heavy atom. The number of piperazine rings is 1. The molecule has 0 radical (unpaired) electrons. The Balaban J connectivity index is 1.10. The van der Waals surface area contributed by atoms with Crippen LogP contribution < -0.4 is 21.3 Å². The number of hydrazine groups is 1. The van der Waals surface area contributed by atoms with Crippen molar-refractivity contribution < 1.29 is 18.7 Å². The van der Waals surface area contributed by atoms with Gasteiger partial charge in [0, 0.05) is 54.2 Å². The van der Waals surface area contributed by atoms with Gasteiger partial charge in [-0.1, -0.05) is 17.7 Å². The summed E-state index contributed by atoms with van der Waals surface area (Å²) in [5.74, 6) is -1.77. The zero-order valence-electron chi connectivity index (χ0n) is 24.3. The first-order valence-electron chi connectivity index (χ1n) is 14.3. The molecule has 2 aromatic heterocycles. The van der Waals surface area contributed by atoms with Crippen LogP contribution in [0.15, 0.2) is 90.5 Å². The van der Waals surface area contributed by atoms with Crippen LogP contribution in [0.4, 0.5) is 25.0 Å². The lowest BCUT2D eigenvalue weighted by Gasteiger charge is -2.36. The number of carbonyl (C=O) groups excluding carboxylic acids is 1. The van der Waals surface area contributed by atoms with Gasteiger partial charge >= 0.3 is 11.7 Å². The lowest BCUT2D eigenvalue weighted by Crippen LogP contribution is -2.54. The van der Waals surface area contributed by atoms with E-state index in [9.17, 15) is 23.5 Å². The average Bonchev–Trinajstić information content (AvgIpc) is 3.68. The number of urea groups is 1. The highest BCUT2D eigenvalue weighted by atomic mass is 35.5. The lowest BCUT2D eigenvalue weighted by molar-refractivity contribution is -0.00948. The summed E-state index contributed by atoms with van der Waals surface area (Å²) >= 11 is 5.89. The van der Waals surface area contributed by atoms with Gasteiger partial charge in [-0.2, -0.15) is 10.2 Å². The lowest BCUT2D eigenvalue weighted by atomic mass is 9.93. The van der Waals surface area contributed by atoms with Crippen molar-refractivity contribution >= 4 is 29.0 Å². The Kier molecular flexibility index (Phi) is 8.78. The van der Waals surface area contributed by atoms with Gasteiger partial charge in [0.05, 0.1) is 18.8 Å². The van der Waals surface area contributed by atoms with Crippen molar-refractivity contribution in [1.29, 1.82) is 0 Å². The van der Waals surface area contributed by atoms with E-state index in [-0.39, 0.29) is 18.1 Å². The number of rotatable bonds is 9. The van der Waals surface area contributed by atoms with Crippen LogP contribution in [0, 0.1) is 11.6 Å². The van der Waals surface area contributed by atoms with E-state index in [1.54, 1.807) is 36.4 Å². The van der Waals surface area contributed by atoms with Gasteiger partial charge in [-0.25, -0.2) is 42.3 Å². The maximum atomic E-state index is 14.8. The minimum atomic E-state index is -2.01. The summed E-state index contributed by atoms with van der Waals surface area (Å²) in [6, 6.07) is 16.6. The van der Waals surface area contributed by atoms with Gasteiger partial charge in [0.2, 0.25) is 0 Å². The van der Waals surface area contributed by atoms with Gasteiger partial charge in [-0.3, -0.25) is 5.43 Å². The smallest absolute Gasteiger partial charge is 0.350 e. The van der Waals surface area contributed by atoms with Gasteiger partial charge in [-0.15, -0.1) is 0 Å². The molecule has 0 aliphatic carbocycles. The van der Waals surface area contributed by atoms with Crippen LogP contribution in [-0.2, 0) is 18.7 Å². The molecule has 1 unspecified atom stereocenters. The molecule has 1 atom stereocenters. The molecule has 3 aromatic carbocycles. The Labute approximate surface area is 266 Å². The summed E-state index contributed by atoms with van der Waals surface area (Å²) in [5, 5.41) is 24.9. The normalized spacial score (nSPS) is 15.0. The molecule has 2 amide bonds. The van der Waals surface area contributed by atoms with E-state index < -0.39 is 29.5 Å². The van der Waals surface area contributed by atoms with E-state index in [1.165, 1.54) is 28.2 Å². The number of hydrogen-bond acceptors (Lipinski definition) is 8. The molecule has 1 aliphatic heterocycles. The number of aromatic nitrogens is 6. The van der Waals surface area contributed by atoms with Crippen LogP contribution in [0.1, 0.15) is 5.56 Å². The predicted molar refractivity (Wildman–Crippen MR) is 165 cm³/mol. The largest absolute Gasteiger partial charge is 0.381 e. The first kappa shape index (κ1) is 30.9. The summed E-state index contributed by atoms with van der Waals surface area (Å²) in [6.07, 6.45) is 3.91. The van der Waals surface area contributed by atoms with Crippen molar-refractivity contribution in [2.24, 2.45) is 0 Å². The fourth-order valence-corrected chi connectivity index (χ4v) is 5.40. The maximum Gasteiger partial charge on any atom is 0.350 e. The molecule has 5 aromatic rings. The van der Waals surface area contributed by atoms with Crippen molar-refractivity contribution in [1.82, 2.24) is 39.5 Å². The number of amides is 2. The van der Waals surface area contributed by atoms with Crippen molar-refractivity contribution in [3.63, 3.8) is 0 Å². The van der Waals surface area contributed by atoms with Crippen LogP contribution >= 0.6 is 11.6 Å². The first-order valence-corrected chi connectivity index (χ1v) is 14.6. The second-order valence-electron chi connectivity index (χ2n) is 10.8. The molecular weight excluding hydrogens is 622 g/mol. The number of hydrogen-bond donors (Lipinski definition) is 3. The number of halogens is 3. The van der Waals surface area contributed by atoms with Crippen LogP contribution in [0.25, 0.3) is 5.69 Å². The quantitative estimate of drug-likeness (QED) is 0.221. The molecule has 3 heterocycles. The standard InChI is InChI=1S/C30H29ClF2N10O3/c31-21-1-4-23(5-2-21)37-28(44)38-40-13-11-39(12-14-40)24-6-8-25(9-7-24)42-20-36-43(29(42)45)17-30(46,16-41-19-34-18-35-41)26-10-3-22(32)15-27(26)33/h1-10,15,18-20,46H,11-14,16-17H2,(H2,37,38,44). The van der Waals surface area contributed by atoms with Crippen molar-refractivity contribution in [2.75, 3.05) is 36.4 Å². The highest BCUT2D eigenvalue weighted by Crippen LogP contribution is 2.28. The zero-order chi connectivity index (χ0) is 32.3. The van der Waals surface area contributed by atoms with Crippen molar-refractivity contribution in [2.45, 2.75) is 18.7 Å². The van der Waals surface area contributed by atoms with Crippen LogP contribution in [0.2, 0.25) is 5.02 Å². The van der Waals surface area contributed by atoms with E-state index in [4.69, 9.17) is 11.6 Å². The summed E-state index contributed by atoms with van der Waals surface area (Å²) < 4.78 is 32.1. The Bertz CT molecular complexity index is 1860. The van der Waals surface area contributed by atoms with Gasteiger partial charge in [0.1, 0.15) is 36.2 Å². The molecule has 3 N–H and O–H groups in total. The molecule has 1 aliphatic rings. The van der Waals surface area contributed by atoms with Gasteiger partial charge < -0.3 is 15.3 Å². The molecule has 0 bridgehead atoms. The van der Waals surface area contributed by atoms with Crippen LogP contribution in [0.5, 0.6) is 0 Å². The zero-order valence-corrected chi connectivity index (χ0v) is 25.1. The van der Waals surface area contributed by atoms with Crippen LogP contribution in [-0.4, -0.2) is 71.4 Å². The number of carbonyl (C=O) groups is 1. The molecule has 16 heteroatoms. The monoisotopic (exact) mass is 650 g/mol. The first-order chi connectivity index (χ1) is 22.2. The topological polar surface area (TPSA) is 138 Å². The molecule has 13 nitrogen and oxygen atoms in total. The highest BCUT2D eigenvalue weighted by Gasteiger charge is 2.35. The molecule has 238 valence electrons.